The number of halogens is 1. The molecule has 0 saturated heterocycles. The first-order chi connectivity index (χ1) is 14.7. The van der Waals surface area contributed by atoms with Crippen molar-refractivity contribution in [2.75, 3.05) is 6.54 Å². The summed E-state index contributed by atoms with van der Waals surface area (Å²) in [6, 6.07) is 19.7. The Kier molecular flexibility index (Phi) is 4.65. The van der Waals surface area contributed by atoms with E-state index >= 15 is 0 Å². The van der Waals surface area contributed by atoms with Crippen LogP contribution in [0.3, 0.4) is 0 Å². The fourth-order valence-corrected chi connectivity index (χ4v) is 3.42. The molecular formula is C23H19FN4O2. The lowest BCUT2D eigenvalue weighted by molar-refractivity contribution is 0.198. The van der Waals surface area contributed by atoms with Crippen LogP contribution in [0, 0.1) is 5.82 Å². The molecule has 0 aliphatic heterocycles. The average molecular weight is 402 g/mol. The van der Waals surface area contributed by atoms with E-state index in [4.69, 9.17) is 14.9 Å². The van der Waals surface area contributed by atoms with Crippen LogP contribution in [-0.2, 0) is 6.42 Å². The molecule has 2 N–H and O–H groups in total. The zero-order chi connectivity index (χ0) is 20.5. The van der Waals surface area contributed by atoms with E-state index in [0.29, 0.717) is 30.3 Å². The van der Waals surface area contributed by atoms with E-state index in [1.54, 1.807) is 28.9 Å². The minimum absolute atomic E-state index is 0.269. The van der Waals surface area contributed by atoms with Crippen LogP contribution in [-0.4, -0.2) is 27.2 Å². The zero-order valence-electron chi connectivity index (χ0n) is 16.0. The largest absolute Gasteiger partial charge is 0.472 e. The van der Waals surface area contributed by atoms with Crippen molar-refractivity contribution in [3.63, 3.8) is 0 Å². The number of nitrogens with two attached hydrogens (primary N) is 1. The molecule has 5 aromatic rings. The molecule has 0 aliphatic carbocycles. The molecule has 0 fully saturated rings. The highest BCUT2D eigenvalue weighted by atomic mass is 19.1. The van der Waals surface area contributed by atoms with Crippen LogP contribution >= 0.6 is 0 Å². The third-order valence-electron chi connectivity index (χ3n) is 4.94. The first-order valence-corrected chi connectivity index (χ1v) is 9.64. The highest BCUT2D eigenvalue weighted by molar-refractivity contribution is 5.82. The molecule has 1 atom stereocenters. The Morgan fingerprint density at radius 3 is 2.70 bits per heavy atom. The normalized spacial score (nSPS) is 12.5. The lowest BCUT2D eigenvalue weighted by Gasteiger charge is -2.17. The van der Waals surface area contributed by atoms with Gasteiger partial charge in [-0.3, -0.25) is 0 Å². The van der Waals surface area contributed by atoms with Crippen molar-refractivity contribution in [1.29, 1.82) is 0 Å². The third-order valence-corrected chi connectivity index (χ3v) is 4.94. The predicted molar refractivity (Wildman–Crippen MR) is 112 cm³/mol. The molecule has 0 bridgehead atoms. The Morgan fingerprint density at radius 1 is 1.07 bits per heavy atom. The first-order valence-electron chi connectivity index (χ1n) is 9.64. The summed E-state index contributed by atoms with van der Waals surface area (Å²) in [7, 11) is 0. The molecule has 1 unspecified atom stereocenters. The van der Waals surface area contributed by atoms with E-state index in [1.165, 1.54) is 12.1 Å². The minimum Gasteiger partial charge on any atom is -0.472 e. The second kappa shape index (κ2) is 7.61. The van der Waals surface area contributed by atoms with E-state index in [1.807, 2.05) is 36.4 Å². The van der Waals surface area contributed by atoms with E-state index < -0.39 is 0 Å². The Balaban J connectivity index is 1.43. The molecule has 2 aromatic carbocycles. The van der Waals surface area contributed by atoms with Crippen LogP contribution in [0.4, 0.5) is 4.39 Å². The number of para-hydroxylation sites is 1. The molecule has 5 rings (SSSR count). The molecule has 0 aliphatic rings. The molecule has 3 heterocycles. The maximum absolute atomic E-state index is 13.1. The van der Waals surface area contributed by atoms with Gasteiger partial charge in [-0.15, -0.1) is 5.10 Å². The number of hydrogen-bond donors (Lipinski definition) is 1. The van der Waals surface area contributed by atoms with Crippen molar-refractivity contribution in [2.24, 2.45) is 5.73 Å². The number of imidazole rings is 1. The van der Waals surface area contributed by atoms with Gasteiger partial charge in [0.1, 0.15) is 23.2 Å². The summed E-state index contributed by atoms with van der Waals surface area (Å²) in [4.78, 5) is 4.41. The van der Waals surface area contributed by atoms with E-state index in [-0.39, 0.29) is 11.9 Å². The summed E-state index contributed by atoms with van der Waals surface area (Å²) in [5, 5.41) is 5.59. The van der Waals surface area contributed by atoms with Gasteiger partial charge >= 0.3 is 0 Å². The number of fused-ring (bicyclic) bond motifs is 2. The molecule has 150 valence electrons. The Bertz CT molecular complexity index is 1280. The maximum Gasteiger partial charge on any atom is 0.232 e. The third kappa shape index (κ3) is 3.51. The van der Waals surface area contributed by atoms with Crippen LogP contribution in [0.15, 0.2) is 77.3 Å². The number of benzene rings is 2. The quantitative estimate of drug-likeness (QED) is 0.460. The van der Waals surface area contributed by atoms with Gasteiger partial charge in [0.05, 0.1) is 6.20 Å². The second-order valence-corrected chi connectivity index (χ2v) is 7.04. The molecule has 6 nitrogen and oxygen atoms in total. The topological polar surface area (TPSA) is 78.6 Å². The first kappa shape index (κ1) is 18.3. The van der Waals surface area contributed by atoms with Gasteiger partial charge in [-0.05, 0) is 35.9 Å². The SMILES string of the molecule is NCC(Cc1ccc(F)cc1)Oc1ccc2ncc(-c3cc4ccccc4o3)n2n1. The van der Waals surface area contributed by atoms with Crippen LogP contribution in [0.1, 0.15) is 5.56 Å². The van der Waals surface area contributed by atoms with E-state index in [9.17, 15) is 4.39 Å². The van der Waals surface area contributed by atoms with Gasteiger partial charge in [0.15, 0.2) is 11.4 Å². The van der Waals surface area contributed by atoms with E-state index in [2.05, 4.69) is 10.1 Å². The fourth-order valence-electron chi connectivity index (χ4n) is 3.42. The van der Waals surface area contributed by atoms with Crippen molar-refractivity contribution in [3.05, 3.63) is 84.3 Å². The van der Waals surface area contributed by atoms with Gasteiger partial charge in [0.25, 0.3) is 0 Å². The van der Waals surface area contributed by atoms with Gasteiger partial charge in [-0.1, -0.05) is 30.3 Å². The highest BCUT2D eigenvalue weighted by Crippen LogP contribution is 2.28. The maximum atomic E-state index is 13.1. The number of ether oxygens (including phenoxy) is 1. The monoisotopic (exact) mass is 402 g/mol. The van der Waals surface area contributed by atoms with Crippen LogP contribution in [0.25, 0.3) is 28.1 Å². The van der Waals surface area contributed by atoms with Gasteiger partial charge in [0, 0.05) is 24.4 Å². The Morgan fingerprint density at radius 2 is 1.90 bits per heavy atom. The molecule has 0 radical (unpaired) electrons. The van der Waals surface area contributed by atoms with Crippen molar-refractivity contribution >= 4 is 16.6 Å². The van der Waals surface area contributed by atoms with Gasteiger partial charge < -0.3 is 14.9 Å². The zero-order valence-corrected chi connectivity index (χ0v) is 16.0. The number of rotatable bonds is 6. The van der Waals surface area contributed by atoms with Crippen LogP contribution < -0.4 is 10.5 Å². The summed E-state index contributed by atoms with van der Waals surface area (Å²) < 4.78 is 26.8. The summed E-state index contributed by atoms with van der Waals surface area (Å²) in [5.74, 6) is 0.833. The molecule has 0 saturated carbocycles. The molecule has 0 spiro atoms. The molecular weight excluding hydrogens is 383 g/mol. The molecule has 30 heavy (non-hydrogen) atoms. The van der Waals surface area contributed by atoms with Crippen molar-refractivity contribution in [2.45, 2.75) is 12.5 Å². The van der Waals surface area contributed by atoms with Gasteiger partial charge in [0.2, 0.25) is 5.88 Å². The fraction of sp³-hybridized carbons (Fsp3) is 0.130. The lowest BCUT2D eigenvalue weighted by atomic mass is 10.1. The van der Waals surface area contributed by atoms with Gasteiger partial charge in [-0.2, -0.15) is 0 Å². The van der Waals surface area contributed by atoms with Gasteiger partial charge in [-0.25, -0.2) is 13.9 Å². The number of aromatic nitrogens is 3. The van der Waals surface area contributed by atoms with Crippen molar-refractivity contribution in [1.82, 2.24) is 14.6 Å². The standard InChI is InChI=1S/C23H19FN4O2/c24-17-7-5-15(6-8-17)11-18(13-25)29-23-10-9-22-26-14-19(28(22)27-23)21-12-16-3-1-2-4-20(16)30-21/h1-10,12,14,18H,11,13,25H2. The molecule has 7 heteroatoms. The summed E-state index contributed by atoms with van der Waals surface area (Å²) >= 11 is 0. The number of furan rings is 1. The second-order valence-electron chi connectivity index (χ2n) is 7.04. The van der Waals surface area contributed by atoms with Crippen molar-refractivity contribution in [3.8, 4) is 17.3 Å². The summed E-state index contributed by atoms with van der Waals surface area (Å²) in [6.45, 7) is 0.303. The smallest absolute Gasteiger partial charge is 0.232 e. The Labute approximate surface area is 171 Å². The minimum atomic E-state index is -0.293. The molecule has 3 aromatic heterocycles. The number of hydrogen-bond acceptors (Lipinski definition) is 5. The van der Waals surface area contributed by atoms with Crippen LogP contribution in [0.2, 0.25) is 0 Å². The number of nitrogens with zero attached hydrogens (tertiary/aromatic N) is 3. The summed E-state index contributed by atoms with van der Waals surface area (Å²) in [6.07, 6.45) is 1.98. The highest BCUT2D eigenvalue weighted by Gasteiger charge is 2.15. The lowest BCUT2D eigenvalue weighted by Crippen LogP contribution is -2.29. The summed E-state index contributed by atoms with van der Waals surface area (Å²) in [5.41, 5.74) is 9.05. The molecule has 0 amide bonds. The average Bonchev–Trinajstić information content (AvgIpc) is 3.38. The van der Waals surface area contributed by atoms with Crippen LogP contribution in [0.5, 0.6) is 5.88 Å². The van der Waals surface area contributed by atoms with E-state index in [0.717, 1.165) is 22.2 Å². The van der Waals surface area contributed by atoms with Crippen molar-refractivity contribution < 1.29 is 13.5 Å². The Hall–Kier alpha value is -3.71. The predicted octanol–water partition coefficient (Wildman–Crippen LogP) is 4.23.